The minimum atomic E-state index is -7.65. The van der Waals surface area contributed by atoms with Crippen molar-refractivity contribution in [2.24, 2.45) is 0 Å². The predicted octanol–water partition coefficient (Wildman–Crippen LogP) is 4.32. The lowest BCUT2D eigenvalue weighted by atomic mass is 9.98. The minimum absolute atomic E-state index is 0.597. The van der Waals surface area contributed by atoms with E-state index in [1.54, 1.807) is 4.74 Å². The molecule has 1 fully saturated rings. The van der Waals surface area contributed by atoms with E-state index in [4.69, 9.17) is 0 Å². The van der Waals surface area contributed by atoms with Crippen molar-refractivity contribution >= 4 is 6.04 Å². The van der Waals surface area contributed by atoms with Gasteiger partial charge in [0.1, 0.15) is 0 Å². The Morgan fingerprint density at radius 3 is 1.28 bits per heavy atom. The second-order valence-electron chi connectivity index (χ2n) is 6.12. The summed E-state index contributed by atoms with van der Waals surface area (Å²) in [6.07, 6.45) is -27.7. The second-order valence-corrected chi connectivity index (χ2v) is 6.12. The van der Waals surface area contributed by atoms with Crippen molar-refractivity contribution < 1.29 is 79.8 Å². The Labute approximate surface area is 165 Å². The van der Waals surface area contributed by atoms with Gasteiger partial charge in [0, 0.05) is 26.2 Å². The molecule has 0 aromatic rings. The lowest BCUT2D eigenvalue weighted by molar-refractivity contribution is -0.487. The lowest BCUT2D eigenvalue weighted by Crippen LogP contribution is -2.75. The molecule has 1 rings (SSSR count). The highest BCUT2D eigenvalue weighted by atomic mass is 19.4. The molecule has 0 bridgehead atoms. The fourth-order valence-electron chi connectivity index (χ4n) is 2.43. The molecule has 1 aliphatic rings. The normalized spacial score (nSPS) is 22.4. The molecule has 2 atom stereocenters. The van der Waals surface area contributed by atoms with E-state index in [0.717, 1.165) is 0 Å². The van der Waals surface area contributed by atoms with E-state index in [-0.39, 0.29) is 0 Å². The molecular weight excluding hydrogens is 508 g/mol. The molecule has 0 amide bonds. The van der Waals surface area contributed by atoms with E-state index in [1.807, 2.05) is 0 Å². The van der Waals surface area contributed by atoms with Crippen molar-refractivity contribution in [1.29, 1.82) is 0 Å². The van der Waals surface area contributed by atoms with Crippen LogP contribution in [0.15, 0.2) is 0 Å². The van der Waals surface area contributed by atoms with Gasteiger partial charge in [0.2, 0.25) is 0 Å². The molecule has 2 unspecified atom stereocenters. The van der Waals surface area contributed by atoms with Gasteiger partial charge < -0.3 is 0 Å². The number of piperazine rings is 1. The fourth-order valence-corrected chi connectivity index (χ4v) is 2.43. The van der Waals surface area contributed by atoms with Crippen LogP contribution in [0.25, 0.3) is 0 Å². The molecule has 32 heavy (non-hydrogen) atoms. The number of nitrogens with zero attached hydrogens (tertiary/aromatic N) is 2. The molecule has 4 nitrogen and oxygen atoms in total. The van der Waals surface area contributed by atoms with Gasteiger partial charge >= 0.3 is 48.4 Å². The van der Waals surface area contributed by atoms with E-state index >= 15 is 0 Å². The summed E-state index contributed by atoms with van der Waals surface area (Å²) < 4.78 is 211. The summed E-state index contributed by atoms with van der Waals surface area (Å²) in [4.78, 5) is 8.27. The zero-order valence-corrected chi connectivity index (χ0v) is 14.6. The maximum absolute atomic E-state index is 14.4. The number of hydrogen-bond acceptors (Lipinski definition) is 4. The van der Waals surface area contributed by atoms with Gasteiger partial charge in [-0.15, -0.1) is 0 Å². The van der Waals surface area contributed by atoms with Crippen molar-refractivity contribution in [1.82, 2.24) is 9.80 Å². The molecule has 20 heteroatoms. The maximum atomic E-state index is 14.4. The molecule has 1 aliphatic heterocycles. The van der Waals surface area contributed by atoms with Gasteiger partial charge in [0.25, 0.3) is 0 Å². The van der Waals surface area contributed by atoms with Crippen LogP contribution in [0.4, 0.5) is 70.2 Å². The first-order valence-corrected chi connectivity index (χ1v) is 7.60. The Kier molecular flexibility index (Phi) is 7.14. The minimum Gasteiger partial charge on any atom is -0.263 e. The molecule has 0 saturated carbocycles. The van der Waals surface area contributed by atoms with Crippen molar-refractivity contribution in [2.45, 2.75) is 42.3 Å². The first-order chi connectivity index (χ1) is 13.9. The zero-order chi connectivity index (χ0) is 25.8. The highest BCUT2D eigenvalue weighted by molar-refractivity contribution is 5.77. The summed E-state index contributed by atoms with van der Waals surface area (Å²) in [6, 6.07) is -11.3. The Balaban J connectivity index is 3.48. The van der Waals surface area contributed by atoms with Gasteiger partial charge in [-0.3, -0.25) is 9.53 Å². The van der Waals surface area contributed by atoms with Gasteiger partial charge in [0.15, 0.2) is 0 Å². The van der Waals surface area contributed by atoms with Crippen LogP contribution in [0.2, 0.25) is 0 Å². The highest BCUT2D eigenvalue weighted by Crippen LogP contribution is 2.57. The topological polar surface area (TPSA) is 32.8 Å². The molecule has 0 aromatic heterocycles. The van der Waals surface area contributed by atoms with Gasteiger partial charge in [-0.05, 0) is 0 Å². The van der Waals surface area contributed by atoms with Crippen LogP contribution in [0.1, 0.15) is 0 Å². The third-order valence-corrected chi connectivity index (χ3v) is 4.13. The summed E-state index contributed by atoms with van der Waals surface area (Å²) in [5, 5.41) is 0. The SMILES string of the molecule is O=C(F)C(F)(OC(F)(F)C(F)(C(F)(F)F)C(F)(F)N1CCN(C(F)(F)F)CC1)C(F)(F)F. The summed E-state index contributed by atoms with van der Waals surface area (Å²) in [6.45, 7) is -7.05. The zero-order valence-electron chi connectivity index (χ0n) is 14.6. The number of rotatable bonds is 6. The van der Waals surface area contributed by atoms with E-state index < -0.39 is 84.3 Å². The summed E-state index contributed by atoms with van der Waals surface area (Å²) in [5.74, 6) is -7.01. The largest absolute Gasteiger partial charge is 0.460 e. The van der Waals surface area contributed by atoms with E-state index in [1.165, 1.54) is 0 Å². The molecule has 0 aliphatic carbocycles. The monoisotopic (exact) mass is 516 g/mol. The third-order valence-electron chi connectivity index (χ3n) is 4.13. The molecular formula is C12H8F16N2O2. The number of alkyl halides is 15. The lowest BCUT2D eigenvalue weighted by Gasteiger charge is -2.46. The van der Waals surface area contributed by atoms with Crippen molar-refractivity contribution in [3.63, 3.8) is 0 Å². The summed E-state index contributed by atoms with van der Waals surface area (Å²) in [5.41, 5.74) is -7.61. The van der Waals surface area contributed by atoms with Crippen LogP contribution in [0.3, 0.4) is 0 Å². The molecule has 1 heterocycles. The summed E-state index contributed by atoms with van der Waals surface area (Å²) >= 11 is 0. The van der Waals surface area contributed by atoms with Crippen LogP contribution in [0.5, 0.6) is 0 Å². The Bertz CT molecular complexity index is 695. The van der Waals surface area contributed by atoms with Crippen molar-refractivity contribution in [2.75, 3.05) is 26.2 Å². The molecule has 0 spiro atoms. The van der Waals surface area contributed by atoms with Crippen LogP contribution in [0, 0.1) is 0 Å². The Morgan fingerprint density at radius 1 is 0.625 bits per heavy atom. The van der Waals surface area contributed by atoms with Crippen molar-refractivity contribution in [3.8, 4) is 0 Å². The molecule has 1 saturated heterocycles. The van der Waals surface area contributed by atoms with E-state index in [9.17, 15) is 75.0 Å². The number of carbonyl (C=O) groups excluding carboxylic acids is 1. The number of hydrogen-bond donors (Lipinski definition) is 0. The standard InChI is InChI=1S/C12H8F16N2O2/c13-5(31)6(14,8(16,17)18)32-11(24,25)7(15,9(19,20)21)10(22,23)29-1-3-30(4-2-29)12(26,27)28/h1-4H2. The molecule has 190 valence electrons. The number of halogens is 16. The fraction of sp³-hybridized carbons (Fsp3) is 0.917. The van der Waals surface area contributed by atoms with Gasteiger partial charge in [-0.2, -0.15) is 65.9 Å². The van der Waals surface area contributed by atoms with E-state index in [0.29, 0.717) is 0 Å². The number of ether oxygens (including phenoxy) is 1. The highest BCUT2D eigenvalue weighted by Gasteiger charge is 2.88. The molecule has 0 N–H and O–H groups in total. The summed E-state index contributed by atoms with van der Waals surface area (Å²) in [7, 11) is 0. The van der Waals surface area contributed by atoms with Crippen LogP contribution < -0.4 is 0 Å². The second kappa shape index (κ2) is 8.03. The van der Waals surface area contributed by atoms with Crippen molar-refractivity contribution in [3.05, 3.63) is 0 Å². The van der Waals surface area contributed by atoms with E-state index in [2.05, 4.69) is 0 Å². The first kappa shape index (κ1) is 28.5. The Hall–Kier alpha value is -1.57. The maximum Gasteiger partial charge on any atom is 0.460 e. The smallest absolute Gasteiger partial charge is 0.263 e. The van der Waals surface area contributed by atoms with Gasteiger partial charge in [-0.25, -0.2) is 14.2 Å². The number of carbonyl (C=O) groups is 1. The predicted molar refractivity (Wildman–Crippen MR) is 66.1 cm³/mol. The van der Waals surface area contributed by atoms with Gasteiger partial charge in [-0.1, -0.05) is 0 Å². The molecule has 0 aromatic carbocycles. The quantitative estimate of drug-likeness (QED) is 0.299. The average molecular weight is 516 g/mol. The van der Waals surface area contributed by atoms with Crippen LogP contribution >= 0.6 is 0 Å². The average Bonchev–Trinajstić information content (AvgIpc) is 2.57. The van der Waals surface area contributed by atoms with Crippen LogP contribution in [-0.4, -0.2) is 84.3 Å². The molecule has 0 radical (unpaired) electrons. The first-order valence-electron chi connectivity index (χ1n) is 7.60. The third kappa shape index (κ3) is 4.57. The Morgan fingerprint density at radius 2 is 1.00 bits per heavy atom. The van der Waals surface area contributed by atoms with Crippen LogP contribution in [-0.2, 0) is 9.53 Å². The van der Waals surface area contributed by atoms with Gasteiger partial charge in [0.05, 0.1) is 0 Å².